The topological polar surface area (TPSA) is 64.6 Å². The van der Waals surface area contributed by atoms with Gasteiger partial charge in [-0.3, -0.25) is 9.59 Å². The van der Waals surface area contributed by atoms with Crippen molar-refractivity contribution in [1.82, 2.24) is 5.32 Å². The van der Waals surface area contributed by atoms with Crippen molar-refractivity contribution in [3.63, 3.8) is 0 Å². The second-order valence-corrected chi connectivity index (χ2v) is 7.09. The Bertz CT molecular complexity index is 1010. The lowest BCUT2D eigenvalue weighted by Crippen LogP contribution is -2.34. The van der Waals surface area contributed by atoms with Crippen LogP contribution in [0.2, 0.25) is 0 Å². The first-order valence-electron chi connectivity index (χ1n) is 9.79. The number of hydrogen-bond donors (Lipinski definition) is 1. The molecule has 5 nitrogen and oxygen atoms in total. The van der Waals surface area contributed by atoms with Crippen molar-refractivity contribution in [1.29, 1.82) is 0 Å². The summed E-state index contributed by atoms with van der Waals surface area (Å²) >= 11 is 0. The van der Waals surface area contributed by atoms with Gasteiger partial charge in [0.1, 0.15) is 5.75 Å². The van der Waals surface area contributed by atoms with Crippen molar-refractivity contribution in [2.45, 2.75) is 25.3 Å². The first-order chi connectivity index (χ1) is 14.8. The molecule has 1 amide bonds. The summed E-state index contributed by atoms with van der Waals surface area (Å²) in [5, 5.41) is 2.58. The number of ether oxygens (including phenoxy) is 2. The maximum absolute atomic E-state index is 13.9. The third-order valence-corrected chi connectivity index (χ3v) is 5.13. The molecule has 3 rings (SSSR count). The third-order valence-electron chi connectivity index (χ3n) is 5.13. The van der Waals surface area contributed by atoms with E-state index in [1.807, 2.05) is 0 Å². The summed E-state index contributed by atoms with van der Waals surface area (Å²) in [4.78, 5) is 25.1. The summed E-state index contributed by atoms with van der Waals surface area (Å²) in [5.74, 6) is -6.24. The predicted octanol–water partition coefficient (Wildman–Crippen LogP) is 4.13. The smallest absolute Gasteiger partial charge is 0.314 e. The van der Waals surface area contributed by atoms with Gasteiger partial charge in [0, 0.05) is 6.04 Å². The highest BCUT2D eigenvalue weighted by atomic mass is 19.2. The first kappa shape index (κ1) is 22.4. The average Bonchev–Trinajstić information content (AvgIpc) is 3.20. The highest BCUT2D eigenvalue weighted by Crippen LogP contribution is 2.35. The largest absolute Gasteiger partial charge is 0.497 e. The standard InChI is InChI=1S/C23H22F3NO4/c1-3-31-23(29)19(13-5-4-6-16(12-13)30-2)14-7-8-15(11-14)27-22(28)17-9-10-18(24)21(26)20(17)25/h4-10,12,14-15,19H,3,11H2,1-2H3,(H,27,28). The minimum Gasteiger partial charge on any atom is -0.497 e. The molecule has 8 heteroatoms. The number of allylic oxidation sites excluding steroid dienone is 1. The van der Waals surface area contributed by atoms with Crippen LogP contribution in [0.1, 0.15) is 35.2 Å². The van der Waals surface area contributed by atoms with Gasteiger partial charge < -0.3 is 14.8 Å². The number of esters is 1. The van der Waals surface area contributed by atoms with Crippen LogP contribution in [0.3, 0.4) is 0 Å². The van der Waals surface area contributed by atoms with Gasteiger partial charge in [-0.05, 0) is 49.1 Å². The fourth-order valence-corrected chi connectivity index (χ4v) is 3.65. The summed E-state index contributed by atoms with van der Waals surface area (Å²) in [5.41, 5.74) is 0.108. The van der Waals surface area contributed by atoms with E-state index in [4.69, 9.17) is 9.47 Å². The molecule has 2 aromatic carbocycles. The highest BCUT2D eigenvalue weighted by molar-refractivity contribution is 5.94. The van der Waals surface area contributed by atoms with E-state index < -0.39 is 46.9 Å². The Morgan fingerprint density at radius 2 is 1.90 bits per heavy atom. The normalized spacial score (nSPS) is 18.5. The molecule has 0 aromatic heterocycles. The predicted molar refractivity (Wildman–Crippen MR) is 107 cm³/mol. The lowest BCUT2D eigenvalue weighted by atomic mass is 9.85. The molecule has 3 unspecified atom stereocenters. The van der Waals surface area contributed by atoms with Crippen LogP contribution in [0.5, 0.6) is 5.75 Å². The molecule has 0 radical (unpaired) electrons. The lowest BCUT2D eigenvalue weighted by molar-refractivity contribution is -0.146. The number of methoxy groups -OCH3 is 1. The molecule has 0 heterocycles. The minimum absolute atomic E-state index is 0.214. The van der Waals surface area contributed by atoms with Crippen molar-refractivity contribution >= 4 is 11.9 Å². The van der Waals surface area contributed by atoms with E-state index in [0.717, 1.165) is 6.07 Å². The number of amides is 1. The van der Waals surface area contributed by atoms with E-state index in [2.05, 4.69) is 5.32 Å². The molecule has 0 saturated heterocycles. The molecule has 0 fully saturated rings. The molecular weight excluding hydrogens is 411 g/mol. The van der Waals surface area contributed by atoms with Crippen LogP contribution >= 0.6 is 0 Å². The number of nitrogens with one attached hydrogen (secondary N) is 1. The third kappa shape index (κ3) is 4.90. The van der Waals surface area contributed by atoms with Gasteiger partial charge in [0.05, 0.1) is 25.2 Å². The van der Waals surface area contributed by atoms with Gasteiger partial charge in [0.15, 0.2) is 17.5 Å². The van der Waals surface area contributed by atoms with Crippen molar-refractivity contribution < 1.29 is 32.2 Å². The van der Waals surface area contributed by atoms with Crippen LogP contribution in [-0.4, -0.2) is 31.6 Å². The monoisotopic (exact) mass is 433 g/mol. The van der Waals surface area contributed by atoms with Gasteiger partial charge in [-0.25, -0.2) is 13.2 Å². The molecular formula is C23H22F3NO4. The van der Waals surface area contributed by atoms with Crippen LogP contribution in [-0.2, 0) is 9.53 Å². The van der Waals surface area contributed by atoms with Crippen LogP contribution in [0.25, 0.3) is 0 Å². The number of rotatable bonds is 7. The molecule has 0 aliphatic heterocycles. The van der Waals surface area contributed by atoms with Gasteiger partial charge in [-0.15, -0.1) is 0 Å². The van der Waals surface area contributed by atoms with Crippen LogP contribution in [0.4, 0.5) is 13.2 Å². The maximum Gasteiger partial charge on any atom is 0.314 e. The first-order valence-corrected chi connectivity index (χ1v) is 9.79. The molecule has 0 bridgehead atoms. The number of carbonyl (C=O) groups excluding carboxylic acids is 2. The Kier molecular flexibility index (Phi) is 6.99. The van der Waals surface area contributed by atoms with Gasteiger partial charge in [0.2, 0.25) is 0 Å². The molecule has 0 spiro atoms. The van der Waals surface area contributed by atoms with Crippen LogP contribution in [0.15, 0.2) is 48.6 Å². The Labute approximate surface area is 177 Å². The Balaban J connectivity index is 1.76. The van der Waals surface area contributed by atoms with Crippen LogP contribution < -0.4 is 10.1 Å². The zero-order valence-electron chi connectivity index (χ0n) is 17.0. The zero-order chi connectivity index (χ0) is 22.5. The molecule has 1 N–H and O–H groups in total. The quantitative estimate of drug-likeness (QED) is 0.405. The SMILES string of the molecule is CCOC(=O)C(c1cccc(OC)c1)C1C=CC(NC(=O)c2ccc(F)c(F)c2F)C1. The van der Waals surface area contributed by atoms with Crippen molar-refractivity contribution in [2.24, 2.45) is 5.92 Å². The Morgan fingerprint density at radius 3 is 2.61 bits per heavy atom. The van der Waals surface area contributed by atoms with Gasteiger partial charge in [-0.1, -0.05) is 24.3 Å². The summed E-state index contributed by atoms with van der Waals surface area (Å²) in [6.45, 7) is 1.93. The van der Waals surface area contributed by atoms with Gasteiger partial charge in [-0.2, -0.15) is 0 Å². The van der Waals surface area contributed by atoms with Crippen LogP contribution in [0, 0.1) is 23.4 Å². The molecule has 3 atom stereocenters. The number of hydrogen-bond acceptors (Lipinski definition) is 4. The van der Waals surface area contributed by atoms with Crippen molar-refractivity contribution in [3.8, 4) is 5.75 Å². The fraction of sp³-hybridized carbons (Fsp3) is 0.304. The Morgan fingerprint density at radius 1 is 1.13 bits per heavy atom. The number of carbonyl (C=O) groups is 2. The van der Waals surface area contributed by atoms with E-state index in [-0.39, 0.29) is 12.5 Å². The summed E-state index contributed by atoms with van der Waals surface area (Å²) in [6.07, 6.45) is 3.82. The number of benzene rings is 2. The minimum atomic E-state index is -1.70. The molecule has 164 valence electrons. The summed E-state index contributed by atoms with van der Waals surface area (Å²) in [6, 6.07) is 8.13. The summed E-state index contributed by atoms with van der Waals surface area (Å²) < 4.78 is 50.9. The van der Waals surface area contributed by atoms with E-state index in [1.54, 1.807) is 43.3 Å². The highest BCUT2D eigenvalue weighted by Gasteiger charge is 2.35. The molecule has 31 heavy (non-hydrogen) atoms. The van der Waals surface area contributed by atoms with Crippen molar-refractivity contribution in [2.75, 3.05) is 13.7 Å². The fourth-order valence-electron chi connectivity index (χ4n) is 3.65. The maximum atomic E-state index is 13.9. The van der Waals surface area contributed by atoms with E-state index in [9.17, 15) is 22.8 Å². The molecule has 1 aliphatic rings. The average molecular weight is 433 g/mol. The van der Waals surface area contributed by atoms with E-state index in [1.165, 1.54) is 7.11 Å². The van der Waals surface area contributed by atoms with E-state index in [0.29, 0.717) is 23.8 Å². The molecule has 1 aliphatic carbocycles. The zero-order valence-corrected chi connectivity index (χ0v) is 17.0. The van der Waals surface area contributed by atoms with Gasteiger partial charge >= 0.3 is 5.97 Å². The van der Waals surface area contributed by atoms with Crippen molar-refractivity contribution in [3.05, 3.63) is 77.1 Å². The molecule has 2 aromatic rings. The van der Waals surface area contributed by atoms with Gasteiger partial charge in [0.25, 0.3) is 5.91 Å². The van der Waals surface area contributed by atoms with E-state index >= 15 is 0 Å². The lowest BCUT2D eigenvalue weighted by Gasteiger charge is -2.23. The second kappa shape index (κ2) is 9.68. The second-order valence-electron chi connectivity index (χ2n) is 7.09. The number of halogens is 3. The molecule has 0 saturated carbocycles. The Hall–Kier alpha value is -3.29. The summed E-state index contributed by atoms with van der Waals surface area (Å²) in [7, 11) is 1.52.